The molecular formula is C19H22Cl2N3O+. The van der Waals surface area contributed by atoms with Gasteiger partial charge >= 0.3 is 6.03 Å². The van der Waals surface area contributed by atoms with Gasteiger partial charge in [-0.3, -0.25) is 0 Å². The van der Waals surface area contributed by atoms with E-state index < -0.39 is 0 Å². The van der Waals surface area contributed by atoms with Crippen molar-refractivity contribution in [3.63, 3.8) is 0 Å². The Balaban J connectivity index is 1.43. The van der Waals surface area contributed by atoms with Crippen LogP contribution in [-0.2, 0) is 6.54 Å². The number of hydrogen-bond acceptors (Lipinski definition) is 1. The molecule has 0 radical (unpaired) electrons. The predicted octanol–water partition coefficient (Wildman–Crippen LogP) is 3.36. The van der Waals surface area contributed by atoms with E-state index in [1.165, 1.54) is 5.56 Å². The van der Waals surface area contributed by atoms with Gasteiger partial charge in [-0.25, -0.2) is 4.79 Å². The number of carbonyl (C=O) groups excluding carboxylic acids is 1. The maximum absolute atomic E-state index is 12.1. The van der Waals surface area contributed by atoms with Crippen LogP contribution in [0.15, 0.2) is 48.5 Å². The van der Waals surface area contributed by atoms with E-state index in [2.05, 4.69) is 34.9 Å². The quantitative estimate of drug-likeness (QED) is 0.750. The van der Waals surface area contributed by atoms with Gasteiger partial charge in [0.15, 0.2) is 0 Å². The monoisotopic (exact) mass is 378 g/mol. The molecule has 1 heterocycles. The molecule has 2 aromatic rings. The number of anilines is 1. The molecule has 3 N–H and O–H groups in total. The van der Waals surface area contributed by atoms with Crippen LogP contribution in [0.25, 0.3) is 0 Å². The molecule has 2 aromatic carbocycles. The zero-order valence-electron chi connectivity index (χ0n) is 13.9. The fourth-order valence-corrected chi connectivity index (χ4v) is 3.46. The van der Waals surface area contributed by atoms with Crippen molar-refractivity contribution in [1.29, 1.82) is 0 Å². The minimum atomic E-state index is -0.199. The summed E-state index contributed by atoms with van der Waals surface area (Å²) in [6, 6.07) is 15.6. The summed E-state index contributed by atoms with van der Waals surface area (Å²) < 4.78 is 0. The summed E-state index contributed by atoms with van der Waals surface area (Å²) in [5, 5.41) is 6.76. The SMILES string of the molecule is O=C(Nc1ccc(Cl)c(Cl)c1)NC1CC[NH+](Cc2ccccc2)CC1. The van der Waals surface area contributed by atoms with Crippen LogP contribution in [-0.4, -0.2) is 25.2 Å². The smallest absolute Gasteiger partial charge is 0.319 e. The maximum Gasteiger partial charge on any atom is 0.319 e. The van der Waals surface area contributed by atoms with Gasteiger partial charge in [0, 0.05) is 30.1 Å². The van der Waals surface area contributed by atoms with Crippen molar-refractivity contribution in [3.8, 4) is 0 Å². The van der Waals surface area contributed by atoms with Gasteiger partial charge in [0.25, 0.3) is 0 Å². The molecule has 0 bridgehead atoms. The molecule has 4 nitrogen and oxygen atoms in total. The van der Waals surface area contributed by atoms with E-state index in [0.29, 0.717) is 15.7 Å². The Labute approximate surface area is 158 Å². The van der Waals surface area contributed by atoms with Crippen molar-refractivity contribution in [2.75, 3.05) is 18.4 Å². The summed E-state index contributed by atoms with van der Waals surface area (Å²) >= 11 is 11.8. The second-order valence-electron chi connectivity index (χ2n) is 6.41. The normalized spacial score (nSPS) is 20.1. The lowest BCUT2D eigenvalue weighted by molar-refractivity contribution is -0.918. The number of rotatable bonds is 4. The minimum Gasteiger partial charge on any atom is -0.335 e. The molecule has 0 saturated carbocycles. The van der Waals surface area contributed by atoms with Gasteiger partial charge in [0.2, 0.25) is 0 Å². The highest BCUT2D eigenvalue weighted by atomic mass is 35.5. The summed E-state index contributed by atoms with van der Waals surface area (Å²) in [6.45, 7) is 3.17. The first-order chi connectivity index (χ1) is 12.1. The van der Waals surface area contributed by atoms with Gasteiger partial charge in [-0.15, -0.1) is 0 Å². The molecular weight excluding hydrogens is 357 g/mol. The van der Waals surface area contributed by atoms with Crippen LogP contribution in [0.5, 0.6) is 0 Å². The molecule has 2 amide bonds. The number of quaternary nitrogens is 1. The van der Waals surface area contributed by atoms with E-state index in [1.54, 1.807) is 23.1 Å². The number of nitrogens with one attached hydrogen (secondary N) is 3. The first-order valence-electron chi connectivity index (χ1n) is 8.50. The van der Waals surface area contributed by atoms with Gasteiger partial charge in [-0.2, -0.15) is 0 Å². The average Bonchev–Trinajstić information content (AvgIpc) is 2.61. The number of urea groups is 1. The average molecular weight is 379 g/mol. The minimum absolute atomic E-state index is 0.199. The van der Waals surface area contributed by atoms with Crippen LogP contribution in [0.3, 0.4) is 0 Å². The van der Waals surface area contributed by atoms with Crippen LogP contribution in [0.2, 0.25) is 10.0 Å². The van der Waals surface area contributed by atoms with Crippen molar-refractivity contribution in [1.82, 2.24) is 5.32 Å². The Kier molecular flexibility index (Phi) is 6.19. The summed E-state index contributed by atoms with van der Waals surface area (Å²) in [5.74, 6) is 0. The molecule has 0 spiro atoms. The van der Waals surface area contributed by atoms with Crippen LogP contribution >= 0.6 is 23.2 Å². The Morgan fingerprint density at radius 1 is 1.04 bits per heavy atom. The number of amides is 2. The first kappa shape index (κ1) is 18.1. The van der Waals surface area contributed by atoms with Gasteiger partial charge < -0.3 is 15.5 Å². The third kappa shape index (κ3) is 5.36. The fourth-order valence-electron chi connectivity index (χ4n) is 3.16. The zero-order chi connectivity index (χ0) is 17.6. The lowest BCUT2D eigenvalue weighted by atomic mass is 10.0. The molecule has 0 aliphatic carbocycles. The molecule has 132 valence electrons. The third-order valence-corrected chi connectivity index (χ3v) is 5.24. The summed E-state index contributed by atoms with van der Waals surface area (Å²) in [6.07, 6.45) is 1.97. The van der Waals surface area contributed by atoms with Crippen molar-refractivity contribution in [3.05, 3.63) is 64.1 Å². The lowest BCUT2D eigenvalue weighted by Crippen LogP contribution is -3.12. The summed E-state index contributed by atoms with van der Waals surface area (Å²) in [5.41, 5.74) is 2.00. The van der Waals surface area contributed by atoms with Crippen LogP contribution in [0.4, 0.5) is 10.5 Å². The second kappa shape index (κ2) is 8.56. The van der Waals surface area contributed by atoms with Crippen molar-refractivity contribution in [2.24, 2.45) is 0 Å². The van der Waals surface area contributed by atoms with Gasteiger partial charge in [0.1, 0.15) is 6.54 Å². The Hall–Kier alpha value is -1.75. The third-order valence-electron chi connectivity index (χ3n) is 4.50. The lowest BCUT2D eigenvalue weighted by Gasteiger charge is -2.29. The molecule has 0 aromatic heterocycles. The molecule has 0 atom stereocenters. The molecule has 1 fully saturated rings. The van der Waals surface area contributed by atoms with E-state index in [9.17, 15) is 4.79 Å². The number of halogens is 2. The standard InChI is InChI=1S/C19H21Cl2N3O/c20-17-7-6-16(12-18(17)21)23-19(25)22-15-8-10-24(11-9-15)13-14-4-2-1-3-5-14/h1-7,12,15H,8-11,13H2,(H2,22,23,25)/p+1. The number of likely N-dealkylation sites (tertiary alicyclic amines) is 1. The zero-order valence-corrected chi connectivity index (χ0v) is 15.4. The summed E-state index contributed by atoms with van der Waals surface area (Å²) in [7, 11) is 0. The molecule has 1 aliphatic rings. The van der Waals surface area contributed by atoms with E-state index in [1.807, 2.05) is 6.07 Å². The topological polar surface area (TPSA) is 45.6 Å². The van der Waals surface area contributed by atoms with Gasteiger partial charge in [-0.05, 0) is 18.2 Å². The maximum atomic E-state index is 12.1. The van der Waals surface area contributed by atoms with E-state index in [-0.39, 0.29) is 12.1 Å². The van der Waals surface area contributed by atoms with Crippen LogP contribution < -0.4 is 15.5 Å². The highest BCUT2D eigenvalue weighted by Gasteiger charge is 2.23. The van der Waals surface area contributed by atoms with Crippen molar-refractivity contribution < 1.29 is 9.69 Å². The number of benzene rings is 2. The van der Waals surface area contributed by atoms with Crippen molar-refractivity contribution >= 4 is 34.9 Å². The predicted molar refractivity (Wildman–Crippen MR) is 102 cm³/mol. The van der Waals surface area contributed by atoms with Crippen LogP contribution in [0.1, 0.15) is 18.4 Å². The van der Waals surface area contributed by atoms with E-state index >= 15 is 0 Å². The highest BCUT2D eigenvalue weighted by Crippen LogP contribution is 2.24. The van der Waals surface area contributed by atoms with Gasteiger partial charge in [0.05, 0.1) is 23.1 Å². The molecule has 25 heavy (non-hydrogen) atoms. The molecule has 3 rings (SSSR count). The van der Waals surface area contributed by atoms with Gasteiger partial charge in [-0.1, -0.05) is 53.5 Å². The summed E-state index contributed by atoms with van der Waals surface area (Å²) in [4.78, 5) is 13.7. The molecule has 1 saturated heterocycles. The Morgan fingerprint density at radius 3 is 2.44 bits per heavy atom. The molecule has 0 unspecified atom stereocenters. The fraction of sp³-hybridized carbons (Fsp3) is 0.316. The number of carbonyl (C=O) groups is 1. The Bertz CT molecular complexity index is 716. The second-order valence-corrected chi connectivity index (χ2v) is 7.23. The highest BCUT2D eigenvalue weighted by molar-refractivity contribution is 6.42. The van der Waals surface area contributed by atoms with E-state index in [4.69, 9.17) is 23.2 Å². The number of piperidine rings is 1. The van der Waals surface area contributed by atoms with E-state index in [0.717, 1.165) is 32.5 Å². The number of hydrogen-bond donors (Lipinski definition) is 3. The Morgan fingerprint density at radius 2 is 1.76 bits per heavy atom. The van der Waals surface area contributed by atoms with Crippen molar-refractivity contribution in [2.45, 2.75) is 25.4 Å². The van der Waals surface area contributed by atoms with Crippen LogP contribution in [0, 0.1) is 0 Å². The first-order valence-corrected chi connectivity index (χ1v) is 9.26. The molecule has 6 heteroatoms. The molecule has 1 aliphatic heterocycles. The largest absolute Gasteiger partial charge is 0.335 e.